The molecule has 1 nitrogen and oxygen atoms in total. The molecular formula is C36H77NSi. The van der Waals surface area contributed by atoms with Crippen molar-refractivity contribution in [1.29, 1.82) is 0 Å². The van der Waals surface area contributed by atoms with Crippen molar-refractivity contribution >= 4 is 10.4 Å². The van der Waals surface area contributed by atoms with E-state index in [9.17, 15) is 0 Å². The largest absolute Gasteiger partial charge is 0.332 e. The molecule has 0 N–H and O–H groups in total. The van der Waals surface area contributed by atoms with Crippen LogP contribution in [-0.4, -0.2) is 28.1 Å². The second kappa shape index (κ2) is 35.2. The number of unbranched alkanes of at least 4 members (excludes halogenated alkanes) is 30. The molecule has 0 heterocycles. The fourth-order valence-electron chi connectivity index (χ4n) is 5.97. The Morgan fingerprint density at radius 3 is 0.605 bits per heavy atom. The quantitative estimate of drug-likeness (QED) is 0.0567. The van der Waals surface area contributed by atoms with Crippen molar-refractivity contribution in [2.45, 2.75) is 219 Å². The minimum Gasteiger partial charge on any atom is -0.332 e. The minimum atomic E-state index is 1.26. The highest BCUT2D eigenvalue weighted by molar-refractivity contribution is 6.04. The first-order valence-electron chi connectivity index (χ1n) is 18.5. The maximum absolute atomic E-state index is 2.73. The Kier molecular flexibility index (Phi) is 35.4. The lowest BCUT2D eigenvalue weighted by Crippen LogP contribution is -2.22. The summed E-state index contributed by atoms with van der Waals surface area (Å²) in [6.07, 6.45) is 47.1. The Labute approximate surface area is 247 Å². The zero-order chi connectivity index (χ0) is 27.6. The van der Waals surface area contributed by atoms with Crippen molar-refractivity contribution in [3.8, 4) is 0 Å². The van der Waals surface area contributed by atoms with Gasteiger partial charge >= 0.3 is 0 Å². The maximum Gasteiger partial charge on any atom is 0.0784 e. The molecule has 0 amide bonds. The van der Waals surface area contributed by atoms with Crippen molar-refractivity contribution in [1.82, 2.24) is 4.57 Å². The Bertz CT molecular complexity index is 363. The molecule has 0 saturated heterocycles. The van der Waals surface area contributed by atoms with Crippen LogP contribution in [0, 0.1) is 0 Å². The van der Waals surface area contributed by atoms with E-state index in [1.807, 2.05) is 0 Å². The third-order valence-electron chi connectivity index (χ3n) is 8.79. The molecule has 0 unspecified atom stereocenters. The van der Waals surface area contributed by atoms with Gasteiger partial charge in [-0.2, -0.15) is 0 Å². The van der Waals surface area contributed by atoms with Crippen LogP contribution in [0.4, 0.5) is 0 Å². The minimum absolute atomic E-state index is 1.26. The second-order valence-corrected chi connectivity index (χ2v) is 14.2. The fraction of sp³-hybridized carbons (Fsp3) is 1.00. The summed E-state index contributed by atoms with van der Waals surface area (Å²) in [4.78, 5) is 0. The van der Waals surface area contributed by atoms with Crippen LogP contribution in [-0.2, 0) is 0 Å². The Hall–Kier alpha value is 0.177. The molecule has 0 aliphatic heterocycles. The zero-order valence-electron chi connectivity index (χ0n) is 27.5. The molecule has 0 fully saturated rings. The molecule has 230 valence electrons. The zero-order valence-corrected chi connectivity index (χ0v) is 29.5. The third-order valence-corrected chi connectivity index (χ3v) is 9.68. The average molecular weight is 552 g/mol. The normalized spacial score (nSPS) is 11.8. The van der Waals surface area contributed by atoms with Crippen LogP contribution in [0.5, 0.6) is 0 Å². The van der Waals surface area contributed by atoms with E-state index in [2.05, 4.69) is 18.4 Å². The van der Waals surface area contributed by atoms with Gasteiger partial charge in [0.25, 0.3) is 0 Å². The van der Waals surface area contributed by atoms with Crippen LogP contribution in [0.25, 0.3) is 0 Å². The van der Waals surface area contributed by atoms with Gasteiger partial charge in [0.15, 0.2) is 0 Å². The highest BCUT2D eigenvalue weighted by Crippen LogP contribution is 2.15. The second-order valence-electron chi connectivity index (χ2n) is 12.9. The van der Waals surface area contributed by atoms with Gasteiger partial charge in [-0.3, -0.25) is 0 Å². The van der Waals surface area contributed by atoms with Crippen LogP contribution < -0.4 is 0 Å². The van der Waals surface area contributed by atoms with E-state index in [0.717, 1.165) is 0 Å². The van der Waals surface area contributed by atoms with Gasteiger partial charge < -0.3 is 4.57 Å². The van der Waals surface area contributed by atoms with Gasteiger partial charge in [-0.15, -0.1) is 0 Å². The van der Waals surface area contributed by atoms with Gasteiger partial charge in [-0.1, -0.05) is 206 Å². The standard InChI is InChI=1S/C36H77NSi/c1-3-5-7-9-11-13-15-17-19-21-23-25-27-29-31-33-35-37(38)36-34-32-30-28-26-24-22-20-18-16-14-12-10-8-6-4-2/h3-36H2,1-2,38H3. The molecule has 0 saturated carbocycles. The summed E-state index contributed by atoms with van der Waals surface area (Å²) >= 11 is 0. The van der Waals surface area contributed by atoms with E-state index in [1.165, 1.54) is 229 Å². The van der Waals surface area contributed by atoms with Crippen LogP contribution >= 0.6 is 0 Å². The summed E-state index contributed by atoms with van der Waals surface area (Å²) in [6, 6.07) is 0. The predicted octanol–water partition coefficient (Wildman–Crippen LogP) is 12.1. The van der Waals surface area contributed by atoms with Crippen LogP contribution in [0.1, 0.15) is 219 Å². The summed E-state index contributed by atoms with van der Waals surface area (Å²) in [5.41, 5.74) is 0. The fourth-order valence-corrected chi connectivity index (χ4v) is 6.60. The van der Waals surface area contributed by atoms with Gasteiger partial charge in [0, 0.05) is 0 Å². The first kappa shape index (κ1) is 38.2. The average Bonchev–Trinajstić information content (AvgIpc) is 2.92. The number of nitrogens with zero attached hydrogens (tertiary/aromatic N) is 1. The first-order chi connectivity index (χ1) is 18.8. The van der Waals surface area contributed by atoms with Crippen molar-refractivity contribution in [3.05, 3.63) is 0 Å². The topological polar surface area (TPSA) is 3.24 Å². The van der Waals surface area contributed by atoms with E-state index in [0.29, 0.717) is 0 Å². The van der Waals surface area contributed by atoms with Gasteiger partial charge in [0.1, 0.15) is 0 Å². The lowest BCUT2D eigenvalue weighted by Gasteiger charge is -2.16. The van der Waals surface area contributed by atoms with Crippen molar-refractivity contribution in [2.24, 2.45) is 0 Å². The highest BCUT2D eigenvalue weighted by atomic mass is 28.2. The number of hydrogen-bond donors (Lipinski definition) is 0. The van der Waals surface area contributed by atoms with Crippen molar-refractivity contribution in [2.75, 3.05) is 13.1 Å². The molecule has 0 aromatic rings. The lowest BCUT2D eigenvalue weighted by molar-refractivity contribution is 0.409. The Morgan fingerprint density at radius 1 is 0.263 bits per heavy atom. The number of hydrogen-bond acceptors (Lipinski definition) is 1. The van der Waals surface area contributed by atoms with E-state index in [-0.39, 0.29) is 0 Å². The van der Waals surface area contributed by atoms with Gasteiger partial charge in [0.05, 0.1) is 10.4 Å². The van der Waals surface area contributed by atoms with Crippen LogP contribution in [0.15, 0.2) is 0 Å². The first-order valence-corrected chi connectivity index (χ1v) is 19.4. The summed E-state index contributed by atoms with van der Waals surface area (Å²) in [5, 5.41) is 0. The van der Waals surface area contributed by atoms with E-state index in [4.69, 9.17) is 0 Å². The predicted molar refractivity (Wildman–Crippen MR) is 181 cm³/mol. The summed E-state index contributed by atoms with van der Waals surface area (Å²) in [5.74, 6) is 0. The Morgan fingerprint density at radius 2 is 0.421 bits per heavy atom. The Balaban J connectivity index is 3.13. The monoisotopic (exact) mass is 552 g/mol. The summed E-state index contributed by atoms with van der Waals surface area (Å²) in [6.45, 7) is 7.37. The molecule has 0 spiro atoms. The molecular weight excluding hydrogens is 474 g/mol. The highest BCUT2D eigenvalue weighted by Gasteiger charge is 2.00. The molecule has 38 heavy (non-hydrogen) atoms. The molecule has 0 radical (unpaired) electrons. The lowest BCUT2D eigenvalue weighted by atomic mass is 10.0. The molecule has 0 bridgehead atoms. The van der Waals surface area contributed by atoms with Crippen LogP contribution in [0.2, 0.25) is 0 Å². The van der Waals surface area contributed by atoms with Crippen molar-refractivity contribution in [3.63, 3.8) is 0 Å². The molecule has 0 aromatic carbocycles. The van der Waals surface area contributed by atoms with Crippen molar-refractivity contribution < 1.29 is 0 Å². The summed E-state index contributed by atoms with van der Waals surface area (Å²) < 4.78 is 2.73. The maximum atomic E-state index is 2.73. The van der Waals surface area contributed by atoms with Gasteiger partial charge in [0.2, 0.25) is 0 Å². The van der Waals surface area contributed by atoms with E-state index < -0.39 is 0 Å². The molecule has 0 aliphatic rings. The third kappa shape index (κ3) is 34.2. The smallest absolute Gasteiger partial charge is 0.0784 e. The van der Waals surface area contributed by atoms with Gasteiger partial charge in [-0.25, -0.2) is 0 Å². The van der Waals surface area contributed by atoms with Gasteiger partial charge in [-0.05, 0) is 25.9 Å². The SMILES string of the molecule is CCCCCCCCCCCCCCCCCCN([SiH3])CCCCCCCCCCCCCCCCCC. The molecule has 0 atom stereocenters. The molecule has 0 aromatic heterocycles. The number of rotatable bonds is 34. The summed E-state index contributed by atoms with van der Waals surface area (Å²) in [7, 11) is 1.26. The van der Waals surface area contributed by atoms with E-state index >= 15 is 0 Å². The van der Waals surface area contributed by atoms with E-state index in [1.54, 1.807) is 0 Å². The molecule has 0 aliphatic carbocycles. The molecule has 2 heteroatoms. The van der Waals surface area contributed by atoms with Crippen LogP contribution in [0.3, 0.4) is 0 Å². The molecule has 0 rings (SSSR count).